The fraction of sp³-hybridized carbons (Fsp3) is 0.500. The van der Waals surface area contributed by atoms with Crippen LogP contribution in [0.25, 0.3) is 0 Å². The van der Waals surface area contributed by atoms with Gasteiger partial charge in [-0.2, -0.15) is 0 Å². The molecule has 1 aromatic rings. The first-order chi connectivity index (χ1) is 6.16. The summed E-state index contributed by atoms with van der Waals surface area (Å²) >= 11 is 0. The van der Waals surface area contributed by atoms with Crippen LogP contribution in [0.2, 0.25) is 0 Å². The smallest absolute Gasteiger partial charge is 0.0323 e. The highest BCUT2D eigenvalue weighted by Gasteiger charge is 2.13. The average molecular weight is 177 g/mol. The molecule has 1 heteroatoms. The van der Waals surface area contributed by atoms with Gasteiger partial charge in [-0.15, -0.1) is 0 Å². The highest BCUT2D eigenvalue weighted by Crippen LogP contribution is 2.23. The van der Waals surface area contributed by atoms with Gasteiger partial charge in [-0.3, -0.25) is 0 Å². The normalized spacial score (nSPS) is 15.4. The second-order valence-corrected chi connectivity index (χ2v) is 3.77. The van der Waals surface area contributed by atoms with Crippen LogP contribution in [-0.2, 0) is 0 Å². The SMILES string of the molecule is CCC(C)[C@H](N)c1ccccc1C. The van der Waals surface area contributed by atoms with Crippen LogP contribution in [0.15, 0.2) is 24.3 Å². The molecule has 0 aliphatic heterocycles. The van der Waals surface area contributed by atoms with Crippen LogP contribution in [-0.4, -0.2) is 0 Å². The Morgan fingerprint density at radius 3 is 2.46 bits per heavy atom. The molecule has 1 nitrogen and oxygen atoms in total. The molecule has 0 saturated carbocycles. The number of benzene rings is 1. The van der Waals surface area contributed by atoms with Crippen molar-refractivity contribution in [3.05, 3.63) is 35.4 Å². The molecular formula is C12H19N. The second-order valence-electron chi connectivity index (χ2n) is 3.77. The summed E-state index contributed by atoms with van der Waals surface area (Å²) in [5.41, 5.74) is 8.74. The number of rotatable bonds is 3. The summed E-state index contributed by atoms with van der Waals surface area (Å²) in [6, 6.07) is 8.56. The lowest BCUT2D eigenvalue weighted by Gasteiger charge is -2.20. The Kier molecular flexibility index (Phi) is 3.49. The van der Waals surface area contributed by atoms with E-state index in [4.69, 9.17) is 5.73 Å². The fourth-order valence-corrected chi connectivity index (χ4v) is 1.52. The van der Waals surface area contributed by atoms with Crippen molar-refractivity contribution < 1.29 is 0 Å². The molecule has 2 atom stereocenters. The molecule has 0 heterocycles. The average Bonchev–Trinajstić information content (AvgIpc) is 2.16. The predicted octanol–water partition coefficient (Wildman–Crippen LogP) is 3.04. The van der Waals surface area contributed by atoms with Gasteiger partial charge in [0.25, 0.3) is 0 Å². The zero-order valence-electron chi connectivity index (χ0n) is 8.75. The van der Waals surface area contributed by atoms with Gasteiger partial charge in [0.15, 0.2) is 0 Å². The van der Waals surface area contributed by atoms with Gasteiger partial charge in [0.1, 0.15) is 0 Å². The van der Waals surface area contributed by atoms with Crippen LogP contribution >= 0.6 is 0 Å². The minimum Gasteiger partial charge on any atom is -0.324 e. The molecule has 0 aromatic heterocycles. The lowest BCUT2D eigenvalue weighted by molar-refractivity contribution is 0.455. The first-order valence-electron chi connectivity index (χ1n) is 4.98. The van der Waals surface area contributed by atoms with Crippen LogP contribution in [0.1, 0.15) is 37.4 Å². The van der Waals surface area contributed by atoms with Gasteiger partial charge in [-0.1, -0.05) is 44.5 Å². The predicted molar refractivity (Wildman–Crippen MR) is 57.6 cm³/mol. The topological polar surface area (TPSA) is 26.0 Å². The third-order valence-electron chi connectivity index (χ3n) is 2.80. The van der Waals surface area contributed by atoms with Crippen molar-refractivity contribution in [1.82, 2.24) is 0 Å². The Hall–Kier alpha value is -0.820. The molecule has 0 fully saturated rings. The van der Waals surface area contributed by atoms with Gasteiger partial charge in [-0.05, 0) is 24.0 Å². The van der Waals surface area contributed by atoms with E-state index in [1.807, 2.05) is 0 Å². The highest BCUT2D eigenvalue weighted by atomic mass is 14.6. The summed E-state index contributed by atoms with van der Waals surface area (Å²) in [5, 5.41) is 0. The van der Waals surface area contributed by atoms with Crippen molar-refractivity contribution >= 4 is 0 Å². The number of hydrogen-bond acceptors (Lipinski definition) is 1. The number of nitrogens with two attached hydrogens (primary N) is 1. The molecule has 0 bridgehead atoms. The van der Waals surface area contributed by atoms with E-state index >= 15 is 0 Å². The molecule has 0 aliphatic carbocycles. The maximum atomic E-state index is 6.15. The maximum Gasteiger partial charge on any atom is 0.0323 e. The van der Waals surface area contributed by atoms with Gasteiger partial charge in [0, 0.05) is 6.04 Å². The van der Waals surface area contributed by atoms with E-state index in [-0.39, 0.29) is 6.04 Å². The molecule has 1 rings (SSSR count). The van der Waals surface area contributed by atoms with Crippen LogP contribution in [0.3, 0.4) is 0 Å². The Morgan fingerprint density at radius 1 is 1.31 bits per heavy atom. The number of hydrogen-bond donors (Lipinski definition) is 1. The largest absolute Gasteiger partial charge is 0.324 e. The van der Waals surface area contributed by atoms with Crippen LogP contribution in [0, 0.1) is 12.8 Å². The minimum atomic E-state index is 0.186. The summed E-state index contributed by atoms with van der Waals surface area (Å²) in [5.74, 6) is 0.557. The second kappa shape index (κ2) is 4.43. The first-order valence-corrected chi connectivity index (χ1v) is 4.98. The van der Waals surface area contributed by atoms with Gasteiger partial charge in [0.05, 0.1) is 0 Å². The molecule has 1 aromatic carbocycles. The molecule has 2 N–H and O–H groups in total. The molecular weight excluding hydrogens is 158 g/mol. The van der Waals surface area contributed by atoms with Crippen molar-refractivity contribution in [3.63, 3.8) is 0 Å². The fourth-order valence-electron chi connectivity index (χ4n) is 1.52. The Morgan fingerprint density at radius 2 is 1.92 bits per heavy atom. The van der Waals surface area contributed by atoms with Crippen molar-refractivity contribution in [2.24, 2.45) is 11.7 Å². The zero-order valence-corrected chi connectivity index (χ0v) is 8.75. The summed E-state index contributed by atoms with van der Waals surface area (Å²) in [7, 11) is 0. The molecule has 72 valence electrons. The van der Waals surface area contributed by atoms with E-state index in [0.717, 1.165) is 6.42 Å². The lowest BCUT2D eigenvalue weighted by Crippen LogP contribution is -2.19. The van der Waals surface area contributed by atoms with E-state index in [1.54, 1.807) is 0 Å². The molecule has 0 amide bonds. The van der Waals surface area contributed by atoms with Gasteiger partial charge in [0.2, 0.25) is 0 Å². The van der Waals surface area contributed by atoms with Crippen LogP contribution in [0.4, 0.5) is 0 Å². The van der Waals surface area contributed by atoms with Gasteiger partial charge >= 0.3 is 0 Å². The van der Waals surface area contributed by atoms with Crippen molar-refractivity contribution in [2.45, 2.75) is 33.2 Å². The standard InChI is InChI=1S/C12H19N/c1-4-9(2)12(13)11-8-6-5-7-10(11)3/h5-9,12H,4,13H2,1-3H3/t9?,12-/m0/s1. The monoisotopic (exact) mass is 177 g/mol. The van der Waals surface area contributed by atoms with E-state index in [2.05, 4.69) is 45.0 Å². The third kappa shape index (κ3) is 2.31. The first kappa shape index (κ1) is 10.3. The van der Waals surface area contributed by atoms with Crippen molar-refractivity contribution in [1.29, 1.82) is 0 Å². The summed E-state index contributed by atoms with van der Waals surface area (Å²) in [6.45, 7) is 6.51. The Bertz CT molecular complexity index is 268. The lowest BCUT2D eigenvalue weighted by atomic mass is 9.91. The molecule has 0 radical (unpaired) electrons. The zero-order chi connectivity index (χ0) is 9.84. The number of aryl methyl sites for hydroxylation is 1. The summed E-state index contributed by atoms with van der Waals surface area (Å²) in [4.78, 5) is 0. The van der Waals surface area contributed by atoms with Crippen LogP contribution in [0.5, 0.6) is 0 Å². The van der Waals surface area contributed by atoms with E-state index < -0.39 is 0 Å². The molecule has 1 unspecified atom stereocenters. The molecule has 0 spiro atoms. The van der Waals surface area contributed by atoms with Crippen molar-refractivity contribution in [3.8, 4) is 0 Å². The summed E-state index contributed by atoms with van der Waals surface area (Å²) < 4.78 is 0. The maximum absolute atomic E-state index is 6.15. The van der Waals surface area contributed by atoms with E-state index in [9.17, 15) is 0 Å². The van der Waals surface area contributed by atoms with Crippen LogP contribution < -0.4 is 5.73 Å². The van der Waals surface area contributed by atoms with Crippen molar-refractivity contribution in [2.75, 3.05) is 0 Å². The van der Waals surface area contributed by atoms with Gasteiger partial charge < -0.3 is 5.73 Å². The Labute approximate surface area is 81.0 Å². The quantitative estimate of drug-likeness (QED) is 0.754. The molecule has 0 saturated heterocycles. The summed E-state index contributed by atoms with van der Waals surface area (Å²) in [6.07, 6.45) is 1.13. The highest BCUT2D eigenvalue weighted by molar-refractivity contribution is 5.28. The third-order valence-corrected chi connectivity index (χ3v) is 2.80. The minimum absolute atomic E-state index is 0.186. The van der Waals surface area contributed by atoms with Gasteiger partial charge in [-0.25, -0.2) is 0 Å². The van der Waals surface area contributed by atoms with E-state index in [0.29, 0.717) is 5.92 Å². The van der Waals surface area contributed by atoms with E-state index in [1.165, 1.54) is 11.1 Å². The Balaban J connectivity index is 2.88. The molecule has 0 aliphatic rings. The molecule has 13 heavy (non-hydrogen) atoms.